The molecule has 0 saturated carbocycles. The van der Waals surface area contributed by atoms with Gasteiger partial charge in [0.1, 0.15) is 5.69 Å². The Bertz CT molecular complexity index is 934. The summed E-state index contributed by atoms with van der Waals surface area (Å²) in [5.41, 5.74) is 7.47. The van der Waals surface area contributed by atoms with Gasteiger partial charge >= 0.3 is 0 Å². The topological polar surface area (TPSA) is 70.0 Å². The number of unbranched alkanes of at least 4 members (excludes halogenated alkanes) is 1. The smallest absolute Gasteiger partial charge is 0.265 e. The fourth-order valence-corrected chi connectivity index (χ4v) is 3.01. The van der Waals surface area contributed by atoms with Gasteiger partial charge in [-0.3, -0.25) is 9.59 Å². The van der Waals surface area contributed by atoms with Crippen molar-refractivity contribution in [1.29, 1.82) is 0 Å². The summed E-state index contributed by atoms with van der Waals surface area (Å²) in [6.45, 7) is 2.77. The predicted molar refractivity (Wildman–Crippen MR) is 88.1 cm³/mol. The van der Waals surface area contributed by atoms with E-state index in [4.69, 9.17) is 5.73 Å². The number of primary amides is 1. The van der Waals surface area contributed by atoms with Gasteiger partial charge in [0, 0.05) is 19.0 Å². The number of aromatic nitrogens is 2. The van der Waals surface area contributed by atoms with E-state index < -0.39 is 5.91 Å². The summed E-state index contributed by atoms with van der Waals surface area (Å²) in [4.78, 5) is 24.4. The van der Waals surface area contributed by atoms with Crippen LogP contribution in [0.25, 0.3) is 21.8 Å². The van der Waals surface area contributed by atoms with Crippen molar-refractivity contribution < 1.29 is 4.79 Å². The van der Waals surface area contributed by atoms with Gasteiger partial charge in [0.05, 0.1) is 16.4 Å². The highest BCUT2D eigenvalue weighted by atomic mass is 16.1. The van der Waals surface area contributed by atoms with Crippen molar-refractivity contribution in [2.24, 2.45) is 12.8 Å². The van der Waals surface area contributed by atoms with Gasteiger partial charge in [-0.1, -0.05) is 31.5 Å². The minimum atomic E-state index is -0.501. The first-order valence-corrected chi connectivity index (χ1v) is 7.47. The van der Waals surface area contributed by atoms with Crippen LogP contribution in [-0.2, 0) is 13.6 Å². The number of carbonyl (C=O) groups excluding carboxylic acids is 1. The molecule has 0 spiro atoms. The van der Waals surface area contributed by atoms with Gasteiger partial charge in [0.2, 0.25) is 0 Å². The molecule has 1 aromatic carbocycles. The highest BCUT2D eigenvalue weighted by molar-refractivity contribution is 6.07. The molecule has 0 radical (unpaired) electrons. The first kappa shape index (κ1) is 14.4. The molecule has 0 saturated heterocycles. The number of hydrogen-bond acceptors (Lipinski definition) is 2. The van der Waals surface area contributed by atoms with E-state index in [2.05, 4.69) is 6.92 Å². The maximum absolute atomic E-state index is 12.6. The molecule has 2 heterocycles. The molecule has 3 aromatic rings. The molecule has 3 rings (SSSR count). The number of hydrogen-bond donors (Lipinski definition) is 1. The second-order valence-corrected chi connectivity index (χ2v) is 5.54. The molecule has 0 aliphatic rings. The summed E-state index contributed by atoms with van der Waals surface area (Å²) in [5.74, 6) is -0.501. The predicted octanol–water partition coefficient (Wildman–Crippen LogP) is 2.39. The Morgan fingerprint density at radius 3 is 2.64 bits per heavy atom. The Hall–Kier alpha value is -2.56. The van der Waals surface area contributed by atoms with Crippen LogP contribution >= 0.6 is 0 Å². The average molecular weight is 297 g/mol. The number of amides is 1. The number of aryl methyl sites for hydroxylation is 2. The quantitative estimate of drug-likeness (QED) is 0.803. The second-order valence-electron chi connectivity index (χ2n) is 5.54. The third kappa shape index (κ3) is 2.01. The van der Waals surface area contributed by atoms with Gasteiger partial charge in [-0.25, -0.2) is 0 Å². The summed E-state index contributed by atoms with van der Waals surface area (Å²) in [5, 5.41) is 1.51. The van der Waals surface area contributed by atoms with Crippen LogP contribution in [-0.4, -0.2) is 15.0 Å². The van der Waals surface area contributed by atoms with Gasteiger partial charge in [-0.15, -0.1) is 0 Å². The molecule has 5 nitrogen and oxygen atoms in total. The van der Waals surface area contributed by atoms with E-state index in [0.29, 0.717) is 17.6 Å². The number of rotatable bonds is 4. The minimum absolute atomic E-state index is 0.105. The third-order valence-corrected chi connectivity index (χ3v) is 4.14. The van der Waals surface area contributed by atoms with Crippen LogP contribution in [0, 0.1) is 0 Å². The van der Waals surface area contributed by atoms with Crippen molar-refractivity contribution in [2.45, 2.75) is 26.3 Å². The van der Waals surface area contributed by atoms with E-state index in [-0.39, 0.29) is 5.56 Å². The highest BCUT2D eigenvalue weighted by Crippen LogP contribution is 2.26. The molecular weight excluding hydrogens is 278 g/mol. The number of fused-ring (bicyclic) bond motifs is 3. The van der Waals surface area contributed by atoms with Gasteiger partial charge in [-0.05, 0) is 18.6 Å². The first-order chi connectivity index (χ1) is 10.6. The maximum atomic E-state index is 12.6. The van der Waals surface area contributed by atoms with Gasteiger partial charge < -0.3 is 14.9 Å². The molecule has 2 N–H and O–H groups in total. The summed E-state index contributed by atoms with van der Waals surface area (Å²) < 4.78 is 3.51. The number of pyridine rings is 1. The third-order valence-electron chi connectivity index (χ3n) is 4.14. The molecule has 0 aliphatic heterocycles. The Balaban J connectivity index is 2.51. The number of benzene rings is 1. The van der Waals surface area contributed by atoms with Crippen LogP contribution in [0.3, 0.4) is 0 Å². The first-order valence-electron chi connectivity index (χ1n) is 7.47. The standard InChI is InChI=1S/C17H19N3O2/c1-3-4-9-20-14(16(18)21)10-12-15(20)11-7-5-6-8-13(11)19(2)17(12)22/h5-8,10H,3-4,9H2,1-2H3,(H2,18,21). The zero-order valence-electron chi connectivity index (χ0n) is 12.8. The molecule has 22 heavy (non-hydrogen) atoms. The molecule has 0 atom stereocenters. The summed E-state index contributed by atoms with van der Waals surface area (Å²) in [6.07, 6.45) is 1.92. The number of para-hydroxylation sites is 1. The lowest BCUT2D eigenvalue weighted by Crippen LogP contribution is -2.18. The number of nitrogens with zero attached hydrogens (tertiary/aromatic N) is 2. The van der Waals surface area contributed by atoms with Crippen LogP contribution < -0.4 is 11.3 Å². The monoisotopic (exact) mass is 297 g/mol. The van der Waals surface area contributed by atoms with Crippen molar-refractivity contribution >= 4 is 27.7 Å². The SMILES string of the molecule is CCCCn1c(C(N)=O)cc2c(=O)n(C)c3ccccc3c21. The van der Waals surface area contributed by atoms with Gasteiger partial charge in [0.25, 0.3) is 11.5 Å². The van der Waals surface area contributed by atoms with Crippen molar-refractivity contribution in [3.05, 3.63) is 46.4 Å². The maximum Gasteiger partial charge on any atom is 0.265 e. The van der Waals surface area contributed by atoms with Crippen molar-refractivity contribution in [3.8, 4) is 0 Å². The normalized spacial score (nSPS) is 11.4. The molecule has 5 heteroatoms. The number of nitrogens with two attached hydrogens (primary N) is 1. The van der Waals surface area contributed by atoms with Gasteiger partial charge in [0.15, 0.2) is 0 Å². The number of carbonyl (C=O) groups is 1. The second kappa shape index (κ2) is 5.33. The molecule has 114 valence electrons. The molecule has 1 amide bonds. The molecule has 0 fully saturated rings. The van der Waals surface area contributed by atoms with Crippen molar-refractivity contribution in [2.75, 3.05) is 0 Å². The summed E-state index contributed by atoms with van der Waals surface area (Å²) >= 11 is 0. The van der Waals surface area contributed by atoms with E-state index in [1.807, 2.05) is 28.8 Å². The lowest BCUT2D eigenvalue weighted by molar-refractivity contribution is 0.0991. The Labute approximate surface area is 127 Å². The van der Waals surface area contributed by atoms with Crippen LogP contribution in [0.15, 0.2) is 35.1 Å². The Morgan fingerprint density at radius 1 is 1.23 bits per heavy atom. The fraction of sp³-hybridized carbons (Fsp3) is 0.294. The molecule has 2 aromatic heterocycles. The zero-order chi connectivity index (χ0) is 15.9. The van der Waals surface area contributed by atoms with Crippen LogP contribution in [0.5, 0.6) is 0 Å². The lowest BCUT2D eigenvalue weighted by Gasteiger charge is -2.11. The highest BCUT2D eigenvalue weighted by Gasteiger charge is 2.18. The largest absolute Gasteiger partial charge is 0.364 e. The summed E-state index contributed by atoms with van der Waals surface area (Å²) in [7, 11) is 1.75. The Kier molecular flexibility index (Phi) is 3.48. The van der Waals surface area contributed by atoms with E-state index in [1.165, 1.54) is 0 Å². The van der Waals surface area contributed by atoms with Crippen molar-refractivity contribution in [3.63, 3.8) is 0 Å². The lowest BCUT2D eigenvalue weighted by atomic mass is 10.1. The zero-order valence-corrected chi connectivity index (χ0v) is 12.8. The van der Waals surface area contributed by atoms with Crippen LogP contribution in [0.1, 0.15) is 30.3 Å². The Morgan fingerprint density at radius 2 is 1.95 bits per heavy atom. The van der Waals surface area contributed by atoms with Crippen LogP contribution in [0.4, 0.5) is 0 Å². The average Bonchev–Trinajstić information content (AvgIpc) is 2.90. The molecule has 0 bridgehead atoms. The minimum Gasteiger partial charge on any atom is -0.364 e. The molecular formula is C17H19N3O2. The van der Waals surface area contributed by atoms with E-state index >= 15 is 0 Å². The van der Waals surface area contributed by atoms with Crippen LogP contribution in [0.2, 0.25) is 0 Å². The molecule has 0 unspecified atom stereocenters. The molecule has 0 aliphatic carbocycles. The van der Waals surface area contributed by atoms with E-state index in [9.17, 15) is 9.59 Å². The van der Waals surface area contributed by atoms with Crippen molar-refractivity contribution in [1.82, 2.24) is 9.13 Å². The summed E-state index contributed by atoms with van der Waals surface area (Å²) in [6, 6.07) is 9.36. The van der Waals surface area contributed by atoms with E-state index in [0.717, 1.165) is 29.3 Å². The van der Waals surface area contributed by atoms with E-state index in [1.54, 1.807) is 17.7 Å². The fourth-order valence-electron chi connectivity index (χ4n) is 3.01. The van der Waals surface area contributed by atoms with Gasteiger partial charge in [-0.2, -0.15) is 0 Å².